The summed E-state index contributed by atoms with van der Waals surface area (Å²) in [6.07, 6.45) is 0. The van der Waals surface area contributed by atoms with Crippen molar-refractivity contribution < 1.29 is 0 Å². The quantitative estimate of drug-likeness (QED) is 0.845. The van der Waals surface area contributed by atoms with Crippen LogP contribution in [0.15, 0.2) is 30.4 Å². The second kappa shape index (κ2) is 5.01. The van der Waals surface area contributed by atoms with Gasteiger partial charge in [-0.15, -0.1) is 5.10 Å². The van der Waals surface area contributed by atoms with Crippen molar-refractivity contribution in [2.24, 2.45) is 0 Å². The maximum Gasteiger partial charge on any atom is 0.115 e. The minimum absolute atomic E-state index is 0.726. The van der Waals surface area contributed by atoms with Crippen LogP contribution in [0.5, 0.6) is 0 Å². The van der Waals surface area contributed by atoms with E-state index in [0.717, 1.165) is 49.3 Å². The normalized spacial score (nSPS) is 15.9. The number of piperazine rings is 1. The number of allylic oxidation sites excluding steroid dienone is 1. The molecule has 2 aromatic rings. The summed E-state index contributed by atoms with van der Waals surface area (Å²) in [5.74, 6) is 0. The summed E-state index contributed by atoms with van der Waals surface area (Å²) in [5, 5.41) is 11.8. The predicted molar refractivity (Wildman–Crippen MR) is 77.4 cm³/mol. The molecule has 0 spiro atoms. The van der Waals surface area contributed by atoms with Gasteiger partial charge in [0.1, 0.15) is 5.52 Å². The average molecular weight is 257 g/mol. The Kier molecular flexibility index (Phi) is 3.21. The monoisotopic (exact) mass is 257 g/mol. The standard InChI is InChI=1S/C14H19N5/c1-11(2)10-19-14-4-3-12(9-13(14)16-17-19)18-7-5-15-6-8-18/h3-4,9,15H,1,5-8,10H2,2H3. The molecule has 1 aliphatic rings. The molecule has 1 aromatic heterocycles. The van der Waals surface area contributed by atoms with Crippen LogP contribution < -0.4 is 10.2 Å². The maximum absolute atomic E-state index is 4.26. The molecule has 100 valence electrons. The highest BCUT2D eigenvalue weighted by molar-refractivity contribution is 5.79. The van der Waals surface area contributed by atoms with E-state index < -0.39 is 0 Å². The second-order valence-electron chi connectivity index (χ2n) is 5.11. The minimum Gasteiger partial charge on any atom is -0.369 e. The summed E-state index contributed by atoms with van der Waals surface area (Å²) in [6.45, 7) is 10.8. The molecule has 5 heteroatoms. The Morgan fingerprint density at radius 3 is 2.89 bits per heavy atom. The number of nitrogens with zero attached hydrogens (tertiary/aromatic N) is 4. The maximum atomic E-state index is 4.26. The zero-order valence-electron chi connectivity index (χ0n) is 11.3. The first-order chi connectivity index (χ1) is 9.24. The van der Waals surface area contributed by atoms with Gasteiger partial charge in [0.25, 0.3) is 0 Å². The lowest BCUT2D eigenvalue weighted by Crippen LogP contribution is -2.43. The number of rotatable bonds is 3. The van der Waals surface area contributed by atoms with Crippen molar-refractivity contribution in [3.8, 4) is 0 Å². The van der Waals surface area contributed by atoms with Crippen LogP contribution in [0.3, 0.4) is 0 Å². The molecule has 1 aromatic carbocycles. The summed E-state index contributed by atoms with van der Waals surface area (Å²) >= 11 is 0. The minimum atomic E-state index is 0.726. The molecule has 1 fully saturated rings. The topological polar surface area (TPSA) is 46.0 Å². The molecular formula is C14H19N5. The molecule has 3 rings (SSSR count). The molecule has 5 nitrogen and oxygen atoms in total. The largest absolute Gasteiger partial charge is 0.369 e. The van der Waals surface area contributed by atoms with Crippen LogP contribution in [0.1, 0.15) is 6.92 Å². The zero-order chi connectivity index (χ0) is 13.2. The first-order valence-electron chi connectivity index (χ1n) is 6.67. The van der Waals surface area contributed by atoms with Gasteiger partial charge in [-0.3, -0.25) is 0 Å². The average Bonchev–Trinajstić information content (AvgIpc) is 2.81. The highest BCUT2D eigenvalue weighted by atomic mass is 15.4. The number of aromatic nitrogens is 3. The lowest BCUT2D eigenvalue weighted by atomic mass is 10.2. The summed E-state index contributed by atoms with van der Waals surface area (Å²) < 4.78 is 1.90. The number of hydrogen-bond donors (Lipinski definition) is 1. The lowest BCUT2D eigenvalue weighted by molar-refractivity contribution is 0.589. The van der Waals surface area contributed by atoms with Gasteiger partial charge in [-0.1, -0.05) is 17.4 Å². The fourth-order valence-electron chi connectivity index (χ4n) is 2.45. The third kappa shape index (κ3) is 2.46. The molecule has 1 saturated heterocycles. The number of hydrogen-bond acceptors (Lipinski definition) is 4. The van der Waals surface area contributed by atoms with Crippen LogP contribution in [-0.4, -0.2) is 41.2 Å². The van der Waals surface area contributed by atoms with E-state index in [9.17, 15) is 0 Å². The fraction of sp³-hybridized carbons (Fsp3) is 0.429. The van der Waals surface area contributed by atoms with E-state index in [1.807, 2.05) is 11.6 Å². The summed E-state index contributed by atoms with van der Waals surface area (Å²) in [5.41, 5.74) is 4.34. The molecule has 0 bridgehead atoms. The zero-order valence-corrected chi connectivity index (χ0v) is 11.3. The molecule has 0 atom stereocenters. The summed E-state index contributed by atoms with van der Waals surface area (Å²) in [4.78, 5) is 2.38. The second-order valence-corrected chi connectivity index (χ2v) is 5.11. The van der Waals surface area contributed by atoms with Gasteiger partial charge in [0.15, 0.2) is 0 Å². The molecule has 0 radical (unpaired) electrons. The molecule has 0 amide bonds. The SMILES string of the molecule is C=C(C)Cn1nnc2cc(N3CCNCC3)ccc21. The van der Waals surface area contributed by atoms with Crippen molar-refractivity contribution in [1.29, 1.82) is 0 Å². The predicted octanol–water partition coefficient (Wildman–Crippen LogP) is 1.42. The van der Waals surface area contributed by atoms with E-state index in [2.05, 4.69) is 45.3 Å². The van der Waals surface area contributed by atoms with Crippen molar-refractivity contribution in [2.45, 2.75) is 13.5 Å². The summed E-state index contributed by atoms with van der Waals surface area (Å²) in [6, 6.07) is 6.39. The van der Waals surface area contributed by atoms with Gasteiger partial charge in [-0.05, 0) is 25.1 Å². The molecule has 0 aliphatic carbocycles. The van der Waals surface area contributed by atoms with Crippen molar-refractivity contribution in [3.05, 3.63) is 30.4 Å². The molecular weight excluding hydrogens is 238 g/mol. The van der Waals surface area contributed by atoms with Crippen LogP contribution in [0.2, 0.25) is 0 Å². The first kappa shape index (κ1) is 12.2. The van der Waals surface area contributed by atoms with Crippen molar-refractivity contribution >= 4 is 16.7 Å². The van der Waals surface area contributed by atoms with Gasteiger partial charge in [-0.2, -0.15) is 0 Å². The molecule has 0 unspecified atom stereocenters. The van der Waals surface area contributed by atoms with Crippen LogP contribution in [0, 0.1) is 0 Å². The van der Waals surface area contributed by atoms with E-state index in [-0.39, 0.29) is 0 Å². The number of fused-ring (bicyclic) bond motifs is 1. The van der Waals surface area contributed by atoms with Crippen molar-refractivity contribution in [1.82, 2.24) is 20.3 Å². The Balaban J connectivity index is 1.91. The third-order valence-corrected chi connectivity index (χ3v) is 3.40. The van der Waals surface area contributed by atoms with Gasteiger partial charge >= 0.3 is 0 Å². The van der Waals surface area contributed by atoms with Gasteiger partial charge in [0.2, 0.25) is 0 Å². The number of nitrogens with one attached hydrogen (secondary N) is 1. The molecule has 1 aliphatic heterocycles. The highest BCUT2D eigenvalue weighted by Crippen LogP contribution is 2.21. The van der Waals surface area contributed by atoms with E-state index in [4.69, 9.17) is 0 Å². The van der Waals surface area contributed by atoms with Crippen molar-refractivity contribution in [3.63, 3.8) is 0 Å². The van der Waals surface area contributed by atoms with Crippen LogP contribution in [-0.2, 0) is 6.54 Å². The molecule has 2 heterocycles. The molecule has 19 heavy (non-hydrogen) atoms. The molecule has 0 saturated carbocycles. The highest BCUT2D eigenvalue weighted by Gasteiger charge is 2.12. The van der Waals surface area contributed by atoms with E-state index in [1.165, 1.54) is 5.69 Å². The van der Waals surface area contributed by atoms with Gasteiger partial charge in [-0.25, -0.2) is 4.68 Å². The Bertz CT molecular complexity index is 595. The third-order valence-electron chi connectivity index (χ3n) is 3.40. The van der Waals surface area contributed by atoms with Crippen LogP contribution in [0.25, 0.3) is 11.0 Å². The number of benzene rings is 1. The summed E-state index contributed by atoms with van der Waals surface area (Å²) in [7, 11) is 0. The Hall–Kier alpha value is -1.88. The Labute approximate surface area is 112 Å². The number of anilines is 1. The van der Waals surface area contributed by atoms with Crippen LogP contribution >= 0.6 is 0 Å². The van der Waals surface area contributed by atoms with Crippen LogP contribution in [0.4, 0.5) is 5.69 Å². The molecule has 1 N–H and O–H groups in total. The van der Waals surface area contributed by atoms with Gasteiger partial charge < -0.3 is 10.2 Å². The Morgan fingerprint density at radius 2 is 2.16 bits per heavy atom. The first-order valence-corrected chi connectivity index (χ1v) is 6.67. The van der Waals surface area contributed by atoms with E-state index in [1.54, 1.807) is 0 Å². The van der Waals surface area contributed by atoms with Crippen molar-refractivity contribution in [2.75, 3.05) is 31.1 Å². The van der Waals surface area contributed by atoms with E-state index >= 15 is 0 Å². The van der Waals surface area contributed by atoms with Gasteiger partial charge in [0, 0.05) is 31.9 Å². The van der Waals surface area contributed by atoms with E-state index in [0.29, 0.717) is 0 Å². The smallest absolute Gasteiger partial charge is 0.115 e. The fourth-order valence-corrected chi connectivity index (χ4v) is 2.45. The van der Waals surface area contributed by atoms with Gasteiger partial charge in [0.05, 0.1) is 12.1 Å². The Morgan fingerprint density at radius 1 is 1.37 bits per heavy atom. The lowest BCUT2D eigenvalue weighted by Gasteiger charge is -2.29.